The number of hydrogen-bond acceptors (Lipinski definition) is 9. The predicted octanol–water partition coefficient (Wildman–Crippen LogP) is 3.54. The molecule has 3 aromatic heterocycles. The summed E-state index contributed by atoms with van der Waals surface area (Å²) in [5.41, 5.74) is 2.62. The predicted molar refractivity (Wildman–Crippen MR) is 130 cm³/mol. The third-order valence-corrected chi connectivity index (χ3v) is 5.88. The van der Waals surface area contributed by atoms with E-state index in [0.29, 0.717) is 36.0 Å². The number of rotatable bonds is 8. The molecule has 1 aliphatic heterocycles. The van der Waals surface area contributed by atoms with Crippen molar-refractivity contribution in [3.8, 4) is 5.88 Å². The Hall–Kier alpha value is -4.68. The lowest BCUT2D eigenvalue weighted by atomic mass is 10.0. The van der Waals surface area contributed by atoms with Crippen LogP contribution in [-0.2, 0) is 4.74 Å². The molecule has 4 heterocycles. The molecule has 192 valence electrons. The lowest BCUT2D eigenvalue weighted by molar-refractivity contribution is 0.0804. The number of anilines is 3. The van der Waals surface area contributed by atoms with Gasteiger partial charge < -0.3 is 29.5 Å². The van der Waals surface area contributed by atoms with Crippen molar-refractivity contribution >= 4 is 35.0 Å². The Morgan fingerprint density at radius 2 is 2.05 bits per heavy atom. The molecule has 0 bridgehead atoms. The van der Waals surface area contributed by atoms with Gasteiger partial charge in [-0.3, -0.25) is 9.20 Å². The molecule has 37 heavy (non-hydrogen) atoms. The molecule has 5 rings (SSSR count). The van der Waals surface area contributed by atoms with Crippen LogP contribution in [0.4, 0.5) is 26.5 Å². The highest BCUT2D eigenvalue weighted by molar-refractivity contribution is 6.06. The van der Waals surface area contributed by atoms with Crippen LogP contribution >= 0.6 is 0 Å². The molecule has 0 radical (unpaired) electrons. The number of fused-ring (bicyclic) bond motifs is 1. The molecule has 2 amide bonds. The fourth-order valence-electron chi connectivity index (χ4n) is 3.93. The van der Waals surface area contributed by atoms with Gasteiger partial charge in [-0.05, 0) is 41.9 Å². The summed E-state index contributed by atoms with van der Waals surface area (Å²) in [6, 6.07) is 10.6. The van der Waals surface area contributed by atoms with Crippen LogP contribution in [0.3, 0.4) is 0 Å². The molecule has 1 aliphatic rings. The fourth-order valence-corrected chi connectivity index (χ4v) is 3.93. The highest BCUT2D eigenvalue weighted by Gasteiger charge is 2.36. The Labute approximate surface area is 210 Å². The Bertz CT molecular complexity index is 1450. The molecule has 12 nitrogen and oxygen atoms in total. The van der Waals surface area contributed by atoms with Crippen molar-refractivity contribution in [1.29, 1.82) is 0 Å². The molecule has 13 heteroatoms. The molecule has 1 saturated heterocycles. The number of ether oxygens (including phenoxy) is 2. The number of halogens is 1. The maximum atomic E-state index is 13.3. The van der Waals surface area contributed by atoms with Crippen LogP contribution in [0.2, 0.25) is 0 Å². The van der Waals surface area contributed by atoms with Gasteiger partial charge in [-0.1, -0.05) is 12.1 Å². The Morgan fingerprint density at radius 3 is 2.84 bits per heavy atom. The minimum atomic E-state index is -0.705. The number of aromatic nitrogens is 4. The second-order valence-electron chi connectivity index (χ2n) is 8.37. The van der Waals surface area contributed by atoms with E-state index < -0.39 is 18.7 Å². The van der Waals surface area contributed by atoms with Crippen molar-refractivity contribution < 1.29 is 28.0 Å². The first-order valence-corrected chi connectivity index (χ1v) is 11.5. The summed E-state index contributed by atoms with van der Waals surface area (Å²) in [4.78, 5) is 35.0. The number of imidazole rings is 1. The number of methoxy groups -OCH3 is 1. The zero-order valence-corrected chi connectivity index (χ0v) is 20.1. The molecule has 2 N–H and O–H groups in total. The quantitative estimate of drug-likeness (QED) is 0.365. The Morgan fingerprint density at radius 1 is 1.22 bits per heavy atom. The van der Waals surface area contributed by atoms with Gasteiger partial charge in [0.1, 0.15) is 18.9 Å². The van der Waals surface area contributed by atoms with E-state index in [9.17, 15) is 14.0 Å². The number of nitrogens with one attached hydrogen (secondary N) is 2. The Kier molecular flexibility index (Phi) is 6.58. The van der Waals surface area contributed by atoms with E-state index in [0.717, 1.165) is 5.56 Å². The van der Waals surface area contributed by atoms with E-state index in [1.54, 1.807) is 34.9 Å². The number of aryl methyl sites for hydroxylation is 1. The van der Waals surface area contributed by atoms with Gasteiger partial charge in [0.25, 0.3) is 11.9 Å². The van der Waals surface area contributed by atoms with E-state index >= 15 is 0 Å². The third-order valence-electron chi connectivity index (χ3n) is 5.88. The number of amides is 2. The van der Waals surface area contributed by atoms with Gasteiger partial charge in [-0.2, -0.15) is 9.97 Å². The van der Waals surface area contributed by atoms with Crippen molar-refractivity contribution in [2.75, 3.05) is 44.1 Å². The number of carbonyl (C=O) groups excluding carboxylic acids is 2. The van der Waals surface area contributed by atoms with Crippen LogP contribution in [0.1, 0.15) is 27.9 Å². The maximum absolute atomic E-state index is 13.3. The van der Waals surface area contributed by atoms with Gasteiger partial charge in [0, 0.05) is 30.7 Å². The summed E-state index contributed by atoms with van der Waals surface area (Å²) >= 11 is 0. The first-order valence-electron chi connectivity index (χ1n) is 11.5. The average molecular weight is 509 g/mol. The van der Waals surface area contributed by atoms with E-state index in [-0.39, 0.29) is 30.0 Å². The number of likely N-dealkylation sites (tertiary alicyclic amines) is 1. The molecule has 1 fully saturated rings. The van der Waals surface area contributed by atoms with Crippen LogP contribution in [0.15, 0.2) is 47.1 Å². The monoisotopic (exact) mass is 509 g/mol. The smallest absolute Gasteiger partial charge is 0.409 e. The van der Waals surface area contributed by atoms with E-state index in [1.807, 2.05) is 19.1 Å². The van der Waals surface area contributed by atoms with Gasteiger partial charge in [-0.15, -0.1) is 0 Å². The van der Waals surface area contributed by atoms with Crippen LogP contribution in [-0.4, -0.2) is 69.9 Å². The summed E-state index contributed by atoms with van der Waals surface area (Å²) in [7, 11) is 1.33. The number of benzene rings is 1. The molecule has 0 saturated carbocycles. The van der Waals surface area contributed by atoms with Crippen LogP contribution in [0, 0.1) is 6.92 Å². The zero-order chi connectivity index (χ0) is 25.9. The average Bonchev–Trinajstić information content (AvgIpc) is 3.48. The molecule has 1 aromatic carbocycles. The lowest BCUT2D eigenvalue weighted by Crippen LogP contribution is -2.48. The molecule has 0 atom stereocenters. The summed E-state index contributed by atoms with van der Waals surface area (Å²) < 4.78 is 29.7. The van der Waals surface area contributed by atoms with Crippen LogP contribution < -0.4 is 15.4 Å². The number of hydrogen-bond donors (Lipinski definition) is 2. The fraction of sp³-hybridized carbons (Fsp3) is 0.292. The first kappa shape index (κ1) is 24.0. The topological polar surface area (TPSA) is 136 Å². The highest BCUT2D eigenvalue weighted by Crippen LogP contribution is 2.29. The summed E-state index contributed by atoms with van der Waals surface area (Å²) in [6.45, 7) is 1.82. The number of nitrogens with zero attached hydrogens (tertiary/aromatic N) is 5. The van der Waals surface area contributed by atoms with Crippen molar-refractivity contribution in [3.63, 3.8) is 0 Å². The van der Waals surface area contributed by atoms with Crippen LogP contribution in [0.5, 0.6) is 5.88 Å². The standard InChI is InChI=1S/C24H24FN7O5/c1-14-6-7-16(26-23-29-21(37-30-23)15-12-31(13-15)24(34)35-2)11-17(14)27-20(33)19-22(36-10-8-25)28-18-5-3-4-9-32(18)19/h3-7,9,11,15H,8,10,12-13H2,1-2H3,(H,26,30)(H,27,33). The number of carbonyl (C=O) groups is 2. The lowest BCUT2D eigenvalue weighted by Gasteiger charge is -2.35. The number of pyridine rings is 1. The van der Waals surface area contributed by atoms with Gasteiger partial charge in [0.15, 0.2) is 5.69 Å². The summed E-state index contributed by atoms with van der Waals surface area (Å²) in [5.74, 6) is 0.187. The minimum absolute atomic E-state index is 0.0503. The molecule has 0 aliphatic carbocycles. The second kappa shape index (κ2) is 10.1. The number of alkyl halides is 1. The minimum Gasteiger partial charge on any atom is -0.473 e. The largest absolute Gasteiger partial charge is 0.473 e. The van der Waals surface area contributed by atoms with Gasteiger partial charge >= 0.3 is 6.09 Å². The van der Waals surface area contributed by atoms with E-state index in [4.69, 9.17) is 14.0 Å². The Balaban J connectivity index is 1.31. The summed E-state index contributed by atoms with van der Waals surface area (Å²) in [6.07, 6.45) is 1.29. The van der Waals surface area contributed by atoms with Gasteiger partial charge in [0.2, 0.25) is 11.8 Å². The second-order valence-corrected chi connectivity index (χ2v) is 8.37. The van der Waals surface area contributed by atoms with Crippen molar-refractivity contribution in [3.05, 3.63) is 59.7 Å². The normalized spacial score (nSPS) is 13.3. The SMILES string of the molecule is COC(=O)N1CC(c2nc(Nc3ccc(C)c(NC(=O)c4c(OCCF)nc5ccccn45)c3)no2)C1. The summed E-state index contributed by atoms with van der Waals surface area (Å²) in [5, 5.41) is 9.90. The molecular weight excluding hydrogens is 485 g/mol. The van der Waals surface area contributed by atoms with Crippen molar-refractivity contribution in [2.24, 2.45) is 0 Å². The maximum Gasteiger partial charge on any atom is 0.409 e. The van der Waals surface area contributed by atoms with E-state index in [1.165, 1.54) is 12.0 Å². The van der Waals surface area contributed by atoms with Crippen LogP contribution in [0.25, 0.3) is 5.65 Å². The van der Waals surface area contributed by atoms with Gasteiger partial charge in [-0.25, -0.2) is 9.18 Å². The molecule has 4 aromatic rings. The zero-order valence-electron chi connectivity index (χ0n) is 20.1. The molecule has 0 spiro atoms. The highest BCUT2D eigenvalue weighted by atomic mass is 19.1. The van der Waals surface area contributed by atoms with Crippen molar-refractivity contribution in [1.82, 2.24) is 24.4 Å². The van der Waals surface area contributed by atoms with Crippen molar-refractivity contribution in [2.45, 2.75) is 12.8 Å². The van der Waals surface area contributed by atoms with Gasteiger partial charge in [0.05, 0.1) is 13.0 Å². The molecule has 0 unspecified atom stereocenters. The molecular formula is C24H24FN7O5. The first-order chi connectivity index (χ1) is 18.0. The van der Waals surface area contributed by atoms with E-state index in [2.05, 4.69) is 25.8 Å². The third kappa shape index (κ3) is 4.87.